The van der Waals surface area contributed by atoms with E-state index >= 15 is 0 Å². The van der Waals surface area contributed by atoms with E-state index in [2.05, 4.69) is 4.98 Å². The van der Waals surface area contributed by atoms with Crippen LogP contribution in [0.5, 0.6) is 0 Å². The number of nitrogens with zero attached hydrogens (tertiary/aromatic N) is 2. The van der Waals surface area contributed by atoms with E-state index in [1.54, 1.807) is 17.7 Å². The Morgan fingerprint density at radius 3 is 3.00 bits per heavy atom. The predicted molar refractivity (Wildman–Crippen MR) is 60.0 cm³/mol. The van der Waals surface area contributed by atoms with E-state index in [1.807, 2.05) is 0 Å². The van der Waals surface area contributed by atoms with Crippen LogP contribution in [0, 0.1) is 5.82 Å². The van der Waals surface area contributed by atoms with Crippen LogP contribution >= 0.6 is 0 Å². The van der Waals surface area contributed by atoms with E-state index in [0.29, 0.717) is 16.7 Å². The third-order valence-corrected chi connectivity index (χ3v) is 2.68. The molecule has 0 fully saturated rings. The van der Waals surface area contributed by atoms with Crippen molar-refractivity contribution in [2.75, 3.05) is 0 Å². The molecule has 1 unspecified atom stereocenters. The molecule has 17 heavy (non-hydrogen) atoms. The van der Waals surface area contributed by atoms with Crippen LogP contribution in [0.4, 0.5) is 4.39 Å². The molecule has 0 aromatic carbocycles. The maximum atomic E-state index is 13.0. The minimum atomic E-state index is -1.06. The first-order chi connectivity index (χ1) is 7.99. The molecule has 1 atom stereocenters. The van der Waals surface area contributed by atoms with Gasteiger partial charge in [-0.3, -0.25) is 4.79 Å². The fraction of sp³-hybridized carbons (Fsp3) is 0.273. The van der Waals surface area contributed by atoms with Crippen molar-refractivity contribution in [3.05, 3.63) is 29.8 Å². The molecule has 0 saturated carbocycles. The summed E-state index contributed by atoms with van der Waals surface area (Å²) in [5.41, 5.74) is 6.79. The van der Waals surface area contributed by atoms with Gasteiger partial charge in [0.1, 0.15) is 17.5 Å². The highest BCUT2D eigenvalue weighted by Crippen LogP contribution is 2.18. The van der Waals surface area contributed by atoms with Gasteiger partial charge in [-0.15, -0.1) is 0 Å². The standard InChI is InChI=1S/C11H12FN3O2/c1-15-8(4-9(13)11(16)17)3-6-2-7(12)5-14-10(6)15/h2-3,5,9H,4,13H2,1H3,(H,16,17). The third kappa shape index (κ3) is 2.12. The van der Waals surface area contributed by atoms with Crippen molar-refractivity contribution >= 4 is 17.0 Å². The van der Waals surface area contributed by atoms with Crippen LogP contribution in [0.25, 0.3) is 11.0 Å². The molecule has 0 aliphatic carbocycles. The van der Waals surface area contributed by atoms with Gasteiger partial charge in [-0.25, -0.2) is 9.37 Å². The van der Waals surface area contributed by atoms with Gasteiger partial charge in [-0.2, -0.15) is 0 Å². The maximum absolute atomic E-state index is 13.0. The largest absolute Gasteiger partial charge is 0.480 e. The number of halogens is 1. The number of carboxylic acids is 1. The highest BCUT2D eigenvalue weighted by atomic mass is 19.1. The number of aliphatic carboxylic acids is 1. The van der Waals surface area contributed by atoms with Crippen molar-refractivity contribution in [2.45, 2.75) is 12.5 Å². The lowest BCUT2D eigenvalue weighted by molar-refractivity contribution is -0.138. The Balaban J connectivity index is 2.42. The Labute approximate surface area is 96.7 Å². The Morgan fingerprint density at radius 2 is 2.35 bits per heavy atom. The minimum absolute atomic E-state index is 0.184. The fourth-order valence-electron chi connectivity index (χ4n) is 1.76. The molecule has 2 aromatic rings. The second-order valence-electron chi connectivity index (χ2n) is 3.91. The minimum Gasteiger partial charge on any atom is -0.480 e. The quantitative estimate of drug-likeness (QED) is 0.822. The van der Waals surface area contributed by atoms with E-state index in [1.165, 1.54) is 6.07 Å². The van der Waals surface area contributed by atoms with Crippen LogP contribution < -0.4 is 5.73 Å². The topological polar surface area (TPSA) is 81.1 Å². The van der Waals surface area contributed by atoms with Crippen LogP contribution in [0.1, 0.15) is 5.69 Å². The highest BCUT2D eigenvalue weighted by molar-refractivity contribution is 5.78. The summed E-state index contributed by atoms with van der Waals surface area (Å²) in [7, 11) is 1.75. The van der Waals surface area contributed by atoms with Crippen molar-refractivity contribution in [2.24, 2.45) is 12.8 Å². The summed E-state index contributed by atoms with van der Waals surface area (Å²) in [6, 6.07) is 2.09. The van der Waals surface area contributed by atoms with Crippen LogP contribution in [0.2, 0.25) is 0 Å². The molecule has 90 valence electrons. The van der Waals surface area contributed by atoms with Crippen molar-refractivity contribution in [1.82, 2.24) is 9.55 Å². The Morgan fingerprint density at radius 1 is 1.65 bits per heavy atom. The number of hydrogen-bond donors (Lipinski definition) is 2. The molecule has 0 bridgehead atoms. The number of pyridine rings is 1. The molecule has 0 spiro atoms. The van der Waals surface area contributed by atoms with Gasteiger partial charge in [0.15, 0.2) is 0 Å². The zero-order chi connectivity index (χ0) is 12.6. The van der Waals surface area contributed by atoms with Crippen LogP contribution in [-0.2, 0) is 18.3 Å². The summed E-state index contributed by atoms with van der Waals surface area (Å²) < 4.78 is 14.7. The Bertz CT molecular complexity index is 579. The van der Waals surface area contributed by atoms with E-state index in [-0.39, 0.29) is 6.42 Å². The Hall–Kier alpha value is -1.95. The lowest BCUT2D eigenvalue weighted by Gasteiger charge is -2.07. The molecule has 0 saturated heterocycles. The molecule has 6 heteroatoms. The third-order valence-electron chi connectivity index (χ3n) is 2.68. The average molecular weight is 237 g/mol. The molecule has 0 aliphatic rings. The van der Waals surface area contributed by atoms with Gasteiger partial charge >= 0.3 is 5.97 Å². The number of carboxylic acid groups (broad SMARTS) is 1. The van der Waals surface area contributed by atoms with Gasteiger partial charge in [0, 0.05) is 24.5 Å². The van der Waals surface area contributed by atoms with E-state index in [4.69, 9.17) is 10.8 Å². The summed E-state index contributed by atoms with van der Waals surface area (Å²) >= 11 is 0. The van der Waals surface area contributed by atoms with E-state index < -0.39 is 17.8 Å². The van der Waals surface area contributed by atoms with Crippen molar-refractivity contribution < 1.29 is 14.3 Å². The van der Waals surface area contributed by atoms with Crippen molar-refractivity contribution in [3.8, 4) is 0 Å². The van der Waals surface area contributed by atoms with Gasteiger partial charge in [0.2, 0.25) is 0 Å². The van der Waals surface area contributed by atoms with Gasteiger partial charge in [0.25, 0.3) is 0 Å². The molecule has 3 N–H and O–H groups in total. The summed E-state index contributed by atoms with van der Waals surface area (Å²) in [6.07, 6.45) is 1.31. The van der Waals surface area contributed by atoms with Gasteiger partial charge in [0.05, 0.1) is 6.20 Å². The molecule has 5 nitrogen and oxygen atoms in total. The van der Waals surface area contributed by atoms with Crippen LogP contribution in [0.15, 0.2) is 18.3 Å². The molecule has 2 heterocycles. The SMILES string of the molecule is Cn1c(CC(N)C(=O)O)cc2cc(F)cnc21. The number of aryl methyl sites for hydroxylation is 1. The highest BCUT2D eigenvalue weighted by Gasteiger charge is 2.16. The van der Waals surface area contributed by atoms with Gasteiger partial charge in [-0.05, 0) is 12.1 Å². The number of fused-ring (bicyclic) bond motifs is 1. The molecule has 0 amide bonds. The number of rotatable bonds is 3. The lowest BCUT2D eigenvalue weighted by atomic mass is 10.1. The van der Waals surface area contributed by atoms with Crippen molar-refractivity contribution in [3.63, 3.8) is 0 Å². The van der Waals surface area contributed by atoms with Crippen LogP contribution in [0.3, 0.4) is 0 Å². The second kappa shape index (κ2) is 4.14. The maximum Gasteiger partial charge on any atom is 0.320 e. The van der Waals surface area contributed by atoms with Crippen molar-refractivity contribution in [1.29, 1.82) is 0 Å². The lowest BCUT2D eigenvalue weighted by Crippen LogP contribution is -2.32. The van der Waals surface area contributed by atoms with Gasteiger partial charge in [-0.1, -0.05) is 0 Å². The summed E-state index contributed by atoms with van der Waals surface area (Å²) in [6.45, 7) is 0. The fourth-order valence-corrected chi connectivity index (χ4v) is 1.76. The number of hydrogen-bond acceptors (Lipinski definition) is 3. The molecule has 2 aromatic heterocycles. The zero-order valence-electron chi connectivity index (χ0n) is 9.22. The van der Waals surface area contributed by atoms with Crippen LogP contribution in [-0.4, -0.2) is 26.7 Å². The smallest absolute Gasteiger partial charge is 0.320 e. The number of carbonyl (C=O) groups is 1. The molecular weight excluding hydrogens is 225 g/mol. The second-order valence-corrected chi connectivity index (χ2v) is 3.91. The molecule has 0 radical (unpaired) electrons. The Kier molecular flexibility index (Phi) is 2.81. The normalized spacial score (nSPS) is 12.9. The van der Waals surface area contributed by atoms with E-state index in [0.717, 1.165) is 6.20 Å². The van der Waals surface area contributed by atoms with E-state index in [9.17, 15) is 9.18 Å². The summed E-state index contributed by atoms with van der Waals surface area (Å²) in [4.78, 5) is 14.6. The first-order valence-electron chi connectivity index (χ1n) is 5.07. The number of nitrogens with two attached hydrogens (primary N) is 1. The molecule has 2 rings (SSSR count). The zero-order valence-corrected chi connectivity index (χ0v) is 9.22. The summed E-state index contributed by atoms with van der Waals surface area (Å²) in [5, 5.41) is 9.38. The van der Waals surface area contributed by atoms with Gasteiger partial charge < -0.3 is 15.4 Å². The first kappa shape index (κ1) is 11.5. The number of aromatic nitrogens is 2. The first-order valence-corrected chi connectivity index (χ1v) is 5.07. The molecule has 0 aliphatic heterocycles. The summed E-state index contributed by atoms with van der Waals surface area (Å²) in [5.74, 6) is -1.48. The predicted octanol–water partition coefficient (Wildman–Crippen LogP) is 0.667. The molecular formula is C11H12FN3O2. The monoisotopic (exact) mass is 237 g/mol. The average Bonchev–Trinajstić information content (AvgIpc) is 2.55.